The second kappa shape index (κ2) is 3.63. The van der Waals surface area contributed by atoms with Crippen LogP contribution in [-0.2, 0) is 10.3 Å². The van der Waals surface area contributed by atoms with E-state index in [1.54, 1.807) is 6.92 Å². The van der Waals surface area contributed by atoms with Crippen molar-refractivity contribution in [1.82, 2.24) is 10.2 Å². The predicted molar refractivity (Wildman–Crippen MR) is 59.7 cm³/mol. The van der Waals surface area contributed by atoms with E-state index in [9.17, 15) is 9.59 Å². The fourth-order valence-electron chi connectivity index (χ4n) is 1.75. The van der Waals surface area contributed by atoms with Crippen LogP contribution in [0.5, 0.6) is 0 Å². The van der Waals surface area contributed by atoms with E-state index >= 15 is 0 Å². The van der Waals surface area contributed by atoms with Gasteiger partial charge >= 0.3 is 6.03 Å². The standard InChI is InChI=1S/C12H14N2O2/c1-3-12(9-7-5-4-6-8-9)10(15)14(2)11(16)13-12/h4-8H,3H2,1-2H3,(H,13,16)/i4D,5D,6D,7D,8D. The molecule has 1 atom stereocenters. The van der Waals surface area contributed by atoms with E-state index in [1.807, 2.05) is 0 Å². The number of hydrogen-bond acceptors (Lipinski definition) is 2. The van der Waals surface area contributed by atoms with E-state index in [1.165, 1.54) is 7.05 Å². The Bertz CT molecular complexity index is 635. The number of benzene rings is 1. The highest BCUT2D eigenvalue weighted by molar-refractivity contribution is 6.07. The van der Waals surface area contributed by atoms with Crippen LogP contribution in [0, 0.1) is 0 Å². The van der Waals surface area contributed by atoms with Gasteiger partial charge in [-0.05, 0) is 12.0 Å². The summed E-state index contributed by atoms with van der Waals surface area (Å²) in [5.74, 6) is -0.631. The molecule has 1 fully saturated rings. The van der Waals surface area contributed by atoms with Gasteiger partial charge in [0.05, 0.1) is 6.85 Å². The minimum Gasteiger partial charge on any atom is -0.319 e. The first-order chi connectivity index (χ1) is 9.69. The Morgan fingerprint density at radius 3 is 2.44 bits per heavy atom. The van der Waals surface area contributed by atoms with Crippen molar-refractivity contribution in [2.75, 3.05) is 7.05 Å². The van der Waals surface area contributed by atoms with Crippen LogP contribution in [0.4, 0.5) is 4.79 Å². The van der Waals surface area contributed by atoms with E-state index in [2.05, 4.69) is 5.32 Å². The predicted octanol–water partition coefficient (Wildman–Crippen LogP) is 1.47. The fraction of sp³-hybridized carbons (Fsp3) is 0.333. The van der Waals surface area contributed by atoms with Gasteiger partial charge in [-0.3, -0.25) is 9.69 Å². The third kappa shape index (κ3) is 1.30. The van der Waals surface area contributed by atoms with Crippen LogP contribution >= 0.6 is 0 Å². The summed E-state index contributed by atoms with van der Waals surface area (Å²) in [6.07, 6.45) is 0.0793. The molecule has 84 valence electrons. The Balaban J connectivity index is 2.82. The molecule has 0 saturated carbocycles. The van der Waals surface area contributed by atoms with Gasteiger partial charge in [-0.1, -0.05) is 37.1 Å². The van der Waals surface area contributed by atoms with E-state index < -0.39 is 47.7 Å². The van der Waals surface area contributed by atoms with E-state index in [0.29, 0.717) is 0 Å². The van der Waals surface area contributed by atoms with Crippen molar-refractivity contribution in [2.45, 2.75) is 18.9 Å². The molecule has 1 unspecified atom stereocenters. The summed E-state index contributed by atoms with van der Waals surface area (Å²) in [5.41, 5.74) is -1.82. The number of nitrogens with zero attached hydrogens (tertiary/aromatic N) is 1. The molecular weight excluding hydrogens is 204 g/mol. The number of rotatable bonds is 2. The molecule has 1 aliphatic rings. The van der Waals surface area contributed by atoms with Gasteiger partial charge in [0, 0.05) is 7.05 Å². The van der Waals surface area contributed by atoms with Crippen molar-refractivity contribution < 1.29 is 16.4 Å². The molecule has 0 radical (unpaired) electrons. The molecular formula is C12H14N2O2. The summed E-state index contributed by atoms with van der Waals surface area (Å²) in [6.45, 7) is 1.61. The molecule has 16 heavy (non-hydrogen) atoms. The quantitative estimate of drug-likeness (QED) is 0.772. The maximum absolute atomic E-state index is 12.4. The van der Waals surface area contributed by atoms with Crippen molar-refractivity contribution in [3.8, 4) is 0 Å². The highest BCUT2D eigenvalue weighted by Gasteiger charge is 2.49. The smallest absolute Gasteiger partial charge is 0.319 e. The second-order valence-electron chi connectivity index (χ2n) is 3.55. The van der Waals surface area contributed by atoms with E-state index in [-0.39, 0.29) is 12.0 Å². The van der Waals surface area contributed by atoms with E-state index in [0.717, 1.165) is 4.90 Å². The molecule has 0 bridgehead atoms. The highest BCUT2D eigenvalue weighted by atomic mass is 16.2. The van der Waals surface area contributed by atoms with Gasteiger partial charge in [-0.15, -0.1) is 0 Å². The summed E-state index contributed by atoms with van der Waals surface area (Å²) in [6, 6.07) is -3.22. The van der Waals surface area contributed by atoms with Crippen molar-refractivity contribution in [3.05, 3.63) is 35.8 Å². The Hall–Kier alpha value is -1.84. The Morgan fingerprint density at radius 1 is 1.38 bits per heavy atom. The third-order valence-corrected chi connectivity index (χ3v) is 2.75. The minimum atomic E-state index is -1.63. The zero-order valence-electron chi connectivity index (χ0n) is 14.0. The number of carbonyl (C=O) groups is 2. The lowest BCUT2D eigenvalue weighted by atomic mass is 9.87. The summed E-state index contributed by atoms with van der Waals surface area (Å²) >= 11 is 0. The lowest BCUT2D eigenvalue weighted by Crippen LogP contribution is -2.43. The molecule has 4 nitrogen and oxygen atoms in total. The van der Waals surface area contributed by atoms with E-state index in [4.69, 9.17) is 6.85 Å². The number of carbonyl (C=O) groups excluding carboxylic acids is 2. The maximum atomic E-state index is 12.4. The molecule has 3 amide bonds. The molecule has 1 aliphatic heterocycles. The van der Waals surface area contributed by atoms with Crippen LogP contribution < -0.4 is 5.32 Å². The zero-order chi connectivity index (χ0) is 16.1. The first-order valence-electron chi connectivity index (χ1n) is 7.36. The lowest BCUT2D eigenvalue weighted by Gasteiger charge is -2.25. The molecule has 1 saturated heterocycles. The van der Waals surface area contributed by atoms with Gasteiger partial charge in [0.1, 0.15) is 5.54 Å². The summed E-state index contributed by atoms with van der Waals surface area (Å²) in [5, 5.41) is 2.46. The van der Waals surface area contributed by atoms with Gasteiger partial charge in [0.2, 0.25) is 0 Å². The van der Waals surface area contributed by atoms with Gasteiger partial charge in [0.15, 0.2) is 0 Å². The lowest BCUT2D eigenvalue weighted by molar-refractivity contribution is -0.130. The largest absolute Gasteiger partial charge is 0.325 e. The van der Waals surface area contributed by atoms with Crippen LogP contribution in [0.2, 0.25) is 0 Å². The van der Waals surface area contributed by atoms with Crippen LogP contribution in [0.25, 0.3) is 0 Å². The molecule has 0 spiro atoms. The fourth-order valence-corrected chi connectivity index (χ4v) is 1.75. The molecule has 4 heteroatoms. The number of nitrogens with one attached hydrogen (secondary N) is 1. The topological polar surface area (TPSA) is 49.4 Å². The number of imide groups is 1. The molecule has 1 aromatic rings. The average molecular weight is 223 g/mol. The summed E-state index contributed by atoms with van der Waals surface area (Å²) in [7, 11) is 1.28. The monoisotopic (exact) mass is 223 g/mol. The summed E-state index contributed by atoms with van der Waals surface area (Å²) < 4.78 is 38.9. The Kier molecular flexibility index (Phi) is 1.37. The number of amides is 3. The average Bonchev–Trinajstić information content (AvgIpc) is 2.68. The second-order valence-corrected chi connectivity index (χ2v) is 3.55. The Morgan fingerprint density at radius 2 is 2.00 bits per heavy atom. The summed E-state index contributed by atoms with van der Waals surface area (Å²) in [4.78, 5) is 25.0. The normalized spacial score (nSPS) is 29.1. The van der Waals surface area contributed by atoms with Crippen molar-refractivity contribution in [1.29, 1.82) is 0 Å². The third-order valence-electron chi connectivity index (χ3n) is 2.75. The van der Waals surface area contributed by atoms with Gasteiger partial charge < -0.3 is 5.32 Å². The molecule has 2 rings (SSSR count). The first kappa shape index (κ1) is 6.03. The maximum Gasteiger partial charge on any atom is 0.325 e. The van der Waals surface area contributed by atoms with Crippen LogP contribution in [-0.4, -0.2) is 23.9 Å². The van der Waals surface area contributed by atoms with Crippen LogP contribution in [0.1, 0.15) is 25.8 Å². The number of hydrogen-bond donors (Lipinski definition) is 1. The minimum absolute atomic E-state index is 0.0793. The molecule has 1 N–H and O–H groups in total. The molecule has 0 aliphatic carbocycles. The molecule has 1 aromatic carbocycles. The zero-order valence-corrected chi connectivity index (χ0v) is 8.97. The number of urea groups is 1. The van der Waals surface area contributed by atoms with Gasteiger partial charge in [-0.25, -0.2) is 4.79 Å². The highest BCUT2D eigenvalue weighted by Crippen LogP contribution is 2.31. The van der Waals surface area contributed by atoms with Crippen molar-refractivity contribution in [3.63, 3.8) is 0 Å². The van der Waals surface area contributed by atoms with Gasteiger partial charge in [-0.2, -0.15) is 0 Å². The van der Waals surface area contributed by atoms with Crippen molar-refractivity contribution in [2.24, 2.45) is 0 Å². The van der Waals surface area contributed by atoms with Gasteiger partial charge in [0.25, 0.3) is 5.91 Å². The molecule has 0 aromatic heterocycles. The van der Waals surface area contributed by atoms with Crippen LogP contribution in [0.3, 0.4) is 0 Å². The number of likely N-dealkylation sites (N-methyl/N-ethyl adjacent to an activating group) is 1. The van der Waals surface area contributed by atoms with Crippen LogP contribution in [0.15, 0.2) is 30.2 Å². The van der Waals surface area contributed by atoms with Crippen molar-refractivity contribution >= 4 is 11.9 Å². The SMILES string of the molecule is [2H]c1c([2H])c([2H])c(C2(CC)NC(=O)N(C)C2=O)c([2H])c1[2H]. The first-order valence-corrected chi connectivity index (χ1v) is 4.86. The Labute approximate surface area is 101 Å². The molecule has 1 heterocycles.